The Morgan fingerprint density at radius 2 is 2.31 bits per heavy atom. The molecule has 26 heavy (non-hydrogen) atoms. The van der Waals surface area contributed by atoms with E-state index in [1.807, 2.05) is 30.4 Å². The van der Waals surface area contributed by atoms with Gasteiger partial charge >= 0.3 is 0 Å². The highest BCUT2D eigenvalue weighted by Gasteiger charge is 2.24. The normalized spacial score (nSPS) is 22.7. The van der Waals surface area contributed by atoms with Crippen molar-refractivity contribution in [2.24, 2.45) is 10.9 Å². The zero-order valence-electron chi connectivity index (χ0n) is 15.7. The topological polar surface area (TPSA) is 61.8 Å². The van der Waals surface area contributed by atoms with Crippen LogP contribution in [0.4, 0.5) is 0 Å². The van der Waals surface area contributed by atoms with Gasteiger partial charge in [0.1, 0.15) is 4.34 Å². The van der Waals surface area contributed by atoms with Crippen LogP contribution in [-0.4, -0.2) is 74.1 Å². The lowest BCUT2D eigenvalue weighted by Gasteiger charge is -2.34. The van der Waals surface area contributed by atoms with Crippen molar-refractivity contribution in [2.75, 3.05) is 52.2 Å². The number of nitrogens with one attached hydrogen (secondary N) is 2. The molecule has 0 spiro atoms. The lowest BCUT2D eigenvalue weighted by molar-refractivity contribution is 0.150. The van der Waals surface area contributed by atoms with E-state index >= 15 is 0 Å². The van der Waals surface area contributed by atoms with Gasteiger partial charge in [0.05, 0.1) is 6.61 Å². The fourth-order valence-electron chi connectivity index (χ4n) is 3.46. The smallest absolute Gasteiger partial charge is 0.191 e. The summed E-state index contributed by atoms with van der Waals surface area (Å²) < 4.78 is 6.65. The van der Waals surface area contributed by atoms with E-state index in [0.717, 1.165) is 48.1 Å². The largest absolute Gasteiger partial charge is 0.381 e. The molecule has 8 heteroatoms. The highest BCUT2D eigenvalue weighted by Crippen LogP contribution is 2.20. The summed E-state index contributed by atoms with van der Waals surface area (Å²) in [5, 5.41) is 9.07. The van der Waals surface area contributed by atoms with E-state index in [4.69, 9.17) is 4.74 Å². The van der Waals surface area contributed by atoms with Crippen LogP contribution in [0.2, 0.25) is 0 Å². The fourth-order valence-corrected chi connectivity index (χ4v) is 5.11. The van der Waals surface area contributed by atoms with Crippen LogP contribution in [0.5, 0.6) is 0 Å². The van der Waals surface area contributed by atoms with Gasteiger partial charge in [0.25, 0.3) is 0 Å². The van der Waals surface area contributed by atoms with Gasteiger partial charge in [-0.2, -0.15) is 0 Å². The molecule has 1 atom stereocenters. The highest BCUT2D eigenvalue weighted by atomic mass is 32.2. The number of hydrogen-bond acceptors (Lipinski definition) is 6. The molecule has 2 fully saturated rings. The number of rotatable bonds is 8. The van der Waals surface area contributed by atoms with Crippen LogP contribution < -0.4 is 10.6 Å². The molecule has 0 aliphatic carbocycles. The number of thioether (sulfide) groups is 1. The molecular formula is C18H31N5OS2. The number of thiazole rings is 1. The monoisotopic (exact) mass is 397 g/mol. The van der Waals surface area contributed by atoms with Crippen LogP contribution in [0.1, 0.15) is 25.7 Å². The molecule has 2 saturated heterocycles. The standard InChI is InChI=1S/C18H31N5OS2/c1-19-17(20-6-2-11-25-18-21-7-12-26-18)22-16-3-8-23(9-4-16)13-15-5-10-24-14-15/h7,12,15-16H,2-6,8-11,13-14H2,1H3,(H2,19,20,22). The Bertz CT molecular complexity index is 526. The third kappa shape index (κ3) is 6.72. The molecule has 0 saturated carbocycles. The maximum atomic E-state index is 5.50. The van der Waals surface area contributed by atoms with Gasteiger partial charge in [-0.3, -0.25) is 4.99 Å². The average molecular weight is 398 g/mol. The molecule has 146 valence electrons. The number of guanidine groups is 1. The van der Waals surface area contributed by atoms with Crippen molar-refractivity contribution >= 4 is 29.1 Å². The molecular weight excluding hydrogens is 366 g/mol. The van der Waals surface area contributed by atoms with Crippen LogP contribution in [0.15, 0.2) is 20.9 Å². The second kappa shape index (κ2) is 11.1. The van der Waals surface area contributed by atoms with E-state index in [9.17, 15) is 0 Å². The van der Waals surface area contributed by atoms with Gasteiger partial charge in [-0.05, 0) is 31.6 Å². The summed E-state index contributed by atoms with van der Waals surface area (Å²) >= 11 is 3.54. The Balaban J connectivity index is 1.26. The third-order valence-corrected chi connectivity index (χ3v) is 6.99. The maximum Gasteiger partial charge on any atom is 0.191 e. The van der Waals surface area contributed by atoms with Crippen LogP contribution >= 0.6 is 23.1 Å². The second-order valence-corrected chi connectivity index (χ2v) is 9.18. The van der Waals surface area contributed by atoms with Gasteiger partial charge in [0, 0.05) is 63.2 Å². The highest BCUT2D eigenvalue weighted by molar-refractivity contribution is 8.00. The van der Waals surface area contributed by atoms with Gasteiger partial charge in [-0.15, -0.1) is 11.3 Å². The zero-order chi connectivity index (χ0) is 18.0. The molecule has 0 amide bonds. The molecule has 2 N–H and O–H groups in total. The first-order chi connectivity index (χ1) is 12.8. The Hall–Kier alpha value is -0.830. The molecule has 1 unspecified atom stereocenters. The lowest BCUT2D eigenvalue weighted by atomic mass is 10.0. The van der Waals surface area contributed by atoms with Crippen molar-refractivity contribution in [3.05, 3.63) is 11.6 Å². The molecule has 3 heterocycles. The first-order valence-electron chi connectivity index (χ1n) is 9.63. The quantitative estimate of drug-likeness (QED) is 0.304. The number of likely N-dealkylation sites (tertiary alicyclic amines) is 1. The molecule has 2 aliphatic rings. The summed E-state index contributed by atoms with van der Waals surface area (Å²) in [4.78, 5) is 11.3. The summed E-state index contributed by atoms with van der Waals surface area (Å²) in [7, 11) is 1.86. The van der Waals surface area contributed by atoms with Crippen molar-refractivity contribution < 1.29 is 4.74 Å². The molecule has 0 aromatic carbocycles. The summed E-state index contributed by atoms with van der Waals surface area (Å²) in [6, 6.07) is 0.530. The van der Waals surface area contributed by atoms with Crippen molar-refractivity contribution in [3.8, 4) is 0 Å². The Morgan fingerprint density at radius 1 is 1.42 bits per heavy atom. The molecule has 1 aromatic heterocycles. The molecule has 6 nitrogen and oxygen atoms in total. The van der Waals surface area contributed by atoms with Gasteiger partial charge < -0.3 is 20.3 Å². The second-order valence-electron chi connectivity index (χ2n) is 6.95. The summed E-state index contributed by atoms with van der Waals surface area (Å²) in [5.41, 5.74) is 0. The number of aliphatic imine (C=N–C) groups is 1. The van der Waals surface area contributed by atoms with Gasteiger partial charge in [0.15, 0.2) is 5.96 Å². The predicted molar refractivity (Wildman–Crippen MR) is 110 cm³/mol. The summed E-state index contributed by atoms with van der Waals surface area (Å²) in [6.45, 7) is 6.41. The SMILES string of the molecule is CN=C(NCCCSc1nccs1)NC1CCN(CC2CCOC2)CC1. The number of ether oxygens (including phenoxy) is 1. The van der Waals surface area contributed by atoms with Crippen molar-refractivity contribution in [2.45, 2.75) is 36.1 Å². The van der Waals surface area contributed by atoms with Crippen molar-refractivity contribution in [1.82, 2.24) is 20.5 Å². The number of piperidine rings is 1. The maximum absolute atomic E-state index is 5.50. The first kappa shape index (κ1) is 19.9. The molecule has 3 rings (SSSR count). The first-order valence-corrected chi connectivity index (χ1v) is 11.5. The van der Waals surface area contributed by atoms with Gasteiger partial charge in [-0.25, -0.2) is 4.98 Å². The van der Waals surface area contributed by atoms with E-state index in [1.165, 1.54) is 38.9 Å². The van der Waals surface area contributed by atoms with Crippen LogP contribution in [0.3, 0.4) is 0 Å². The van der Waals surface area contributed by atoms with Crippen molar-refractivity contribution in [1.29, 1.82) is 0 Å². The minimum atomic E-state index is 0.530. The molecule has 2 aliphatic heterocycles. The number of aromatic nitrogens is 1. The predicted octanol–water partition coefficient (Wildman–Crippen LogP) is 2.29. The third-order valence-electron chi connectivity index (χ3n) is 4.94. The van der Waals surface area contributed by atoms with Crippen LogP contribution in [-0.2, 0) is 4.74 Å². The van der Waals surface area contributed by atoms with E-state index in [0.29, 0.717) is 6.04 Å². The molecule has 0 radical (unpaired) electrons. The molecule has 0 bridgehead atoms. The average Bonchev–Trinajstić information content (AvgIpc) is 3.36. The van der Waals surface area contributed by atoms with Crippen LogP contribution in [0, 0.1) is 5.92 Å². The Morgan fingerprint density at radius 3 is 3.00 bits per heavy atom. The van der Waals surface area contributed by atoms with Crippen molar-refractivity contribution in [3.63, 3.8) is 0 Å². The molecule has 1 aromatic rings. The fraction of sp³-hybridized carbons (Fsp3) is 0.778. The number of hydrogen-bond donors (Lipinski definition) is 2. The zero-order valence-corrected chi connectivity index (χ0v) is 17.3. The van der Waals surface area contributed by atoms with Crippen LogP contribution in [0.25, 0.3) is 0 Å². The van der Waals surface area contributed by atoms with Gasteiger partial charge in [-0.1, -0.05) is 11.8 Å². The minimum absolute atomic E-state index is 0.530. The van der Waals surface area contributed by atoms with Gasteiger partial charge in [0.2, 0.25) is 0 Å². The van der Waals surface area contributed by atoms with E-state index in [1.54, 1.807) is 11.3 Å². The van der Waals surface area contributed by atoms with E-state index in [-0.39, 0.29) is 0 Å². The summed E-state index contributed by atoms with van der Waals surface area (Å²) in [5.74, 6) is 2.77. The van der Waals surface area contributed by atoms with E-state index < -0.39 is 0 Å². The number of nitrogens with zero attached hydrogens (tertiary/aromatic N) is 3. The lowest BCUT2D eigenvalue weighted by Crippen LogP contribution is -2.49. The Kier molecular flexibility index (Phi) is 8.51. The van der Waals surface area contributed by atoms with E-state index in [2.05, 4.69) is 25.5 Å². The Labute approximate surface area is 165 Å². The summed E-state index contributed by atoms with van der Waals surface area (Å²) in [6.07, 6.45) is 6.58. The minimum Gasteiger partial charge on any atom is -0.381 e.